The van der Waals surface area contributed by atoms with Gasteiger partial charge in [0.2, 0.25) is 0 Å². The number of aliphatic hydroxyl groups is 4. The van der Waals surface area contributed by atoms with E-state index >= 15 is 0 Å². The SMILES string of the molecule is CCC=CCC=CCC=CCC=CCC=CCC(=O)OC[C@H](CO[C@@H]1O[C@H](CO)[C@H](O)[C@H](O)[C@H]1O)OC(=O)CCCCC=CCC=CCC=CCC=CCC. The number of unbranched alkanes of at least 4 members (excludes halogenated alkanes) is 2. The van der Waals surface area contributed by atoms with Gasteiger partial charge in [-0.3, -0.25) is 9.59 Å². The molecule has 0 aromatic carbocycles. The van der Waals surface area contributed by atoms with E-state index in [2.05, 4.69) is 105 Å². The standard InChI is InChI=1S/C45H68O10/c1-3-5-7-9-11-13-15-17-19-21-23-25-27-29-31-33-40(47)52-36-38(37-53-45-44(51)43(50)42(49)39(35-46)55-45)54-41(48)34-32-30-28-26-24-22-20-18-16-14-12-10-8-6-4-2/h5-8,11-14,17-20,23-26,29,31,38-39,42-46,49-51H,3-4,9-10,15-16,21-22,27-28,30,32-37H2,1-2H3/t38-,39-,42+,43+,44-,45-/m1/s1. The zero-order valence-electron chi connectivity index (χ0n) is 33.1. The van der Waals surface area contributed by atoms with Crippen molar-refractivity contribution >= 4 is 11.9 Å². The van der Waals surface area contributed by atoms with Crippen LogP contribution in [0.5, 0.6) is 0 Å². The van der Waals surface area contributed by atoms with E-state index in [1.807, 2.05) is 12.2 Å². The second kappa shape index (κ2) is 34.8. The molecule has 0 bridgehead atoms. The van der Waals surface area contributed by atoms with Crippen LogP contribution in [0.3, 0.4) is 0 Å². The van der Waals surface area contributed by atoms with Crippen LogP contribution in [-0.2, 0) is 28.5 Å². The van der Waals surface area contributed by atoms with Crippen molar-refractivity contribution in [3.63, 3.8) is 0 Å². The molecule has 1 fully saturated rings. The van der Waals surface area contributed by atoms with Crippen LogP contribution >= 0.6 is 0 Å². The number of allylic oxidation sites excluding steroid dienone is 17. The number of esters is 2. The molecule has 1 aliphatic heterocycles. The highest BCUT2D eigenvalue weighted by atomic mass is 16.7. The molecule has 55 heavy (non-hydrogen) atoms. The first kappa shape index (κ1) is 49.4. The van der Waals surface area contributed by atoms with Gasteiger partial charge >= 0.3 is 11.9 Å². The molecule has 0 radical (unpaired) electrons. The van der Waals surface area contributed by atoms with E-state index in [9.17, 15) is 30.0 Å². The van der Waals surface area contributed by atoms with Crippen molar-refractivity contribution in [2.75, 3.05) is 19.8 Å². The lowest BCUT2D eigenvalue weighted by atomic mass is 9.99. The number of carbonyl (C=O) groups excluding carboxylic acids is 2. The minimum atomic E-state index is -1.62. The molecule has 1 heterocycles. The van der Waals surface area contributed by atoms with E-state index in [0.29, 0.717) is 12.8 Å². The molecule has 4 N–H and O–H groups in total. The van der Waals surface area contributed by atoms with Crippen LogP contribution in [0.1, 0.15) is 104 Å². The summed E-state index contributed by atoms with van der Waals surface area (Å²) in [6, 6.07) is 0. The molecule has 0 spiro atoms. The highest BCUT2D eigenvalue weighted by Gasteiger charge is 2.44. The molecule has 1 saturated heterocycles. The average Bonchev–Trinajstić information content (AvgIpc) is 3.18. The van der Waals surface area contributed by atoms with E-state index in [0.717, 1.165) is 64.2 Å². The molecule has 1 aliphatic rings. The summed E-state index contributed by atoms with van der Waals surface area (Å²) in [5.41, 5.74) is 0. The Hall–Kier alpha value is -3.64. The summed E-state index contributed by atoms with van der Waals surface area (Å²) in [5, 5.41) is 39.9. The van der Waals surface area contributed by atoms with Crippen LogP contribution in [-0.4, -0.2) is 89.0 Å². The number of rotatable bonds is 30. The highest BCUT2D eigenvalue weighted by molar-refractivity contribution is 5.71. The fraction of sp³-hybridized carbons (Fsp3) is 0.556. The van der Waals surface area contributed by atoms with Gasteiger partial charge in [-0.2, -0.15) is 0 Å². The third kappa shape index (κ3) is 26.7. The summed E-state index contributed by atoms with van der Waals surface area (Å²) in [6.07, 6.45) is 39.8. The minimum absolute atomic E-state index is 0.0268. The van der Waals surface area contributed by atoms with Crippen LogP contribution in [0.25, 0.3) is 0 Å². The Labute approximate surface area is 330 Å². The van der Waals surface area contributed by atoms with Crippen molar-refractivity contribution in [2.24, 2.45) is 0 Å². The molecule has 0 aromatic rings. The maximum absolute atomic E-state index is 12.7. The predicted octanol–water partition coefficient (Wildman–Crippen LogP) is 7.76. The lowest BCUT2D eigenvalue weighted by Crippen LogP contribution is -2.59. The maximum atomic E-state index is 12.7. The van der Waals surface area contributed by atoms with Crippen molar-refractivity contribution in [1.82, 2.24) is 0 Å². The molecule has 0 unspecified atom stereocenters. The van der Waals surface area contributed by atoms with Gasteiger partial charge in [0.15, 0.2) is 12.4 Å². The topological polar surface area (TPSA) is 152 Å². The Morgan fingerprint density at radius 2 is 1.05 bits per heavy atom. The summed E-state index contributed by atoms with van der Waals surface area (Å²) in [4.78, 5) is 25.2. The highest BCUT2D eigenvalue weighted by Crippen LogP contribution is 2.22. The number of ether oxygens (including phenoxy) is 4. The molecular formula is C45H68O10. The third-order valence-corrected chi connectivity index (χ3v) is 8.19. The number of hydrogen-bond acceptors (Lipinski definition) is 10. The van der Waals surface area contributed by atoms with Crippen LogP contribution in [0.4, 0.5) is 0 Å². The molecule has 0 aliphatic carbocycles. The molecule has 0 amide bonds. The van der Waals surface area contributed by atoms with Crippen LogP contribution in [0.2, 0.25) is 0 Å². The molecule has 6 atom stereocenters. The average molecular weight is 769 g/mol. The molecule has 0 aromatic heterocycles. The van der Waals surface area contributed by atoms with E-state index in [1.165, 1.54) is 0 Å². The van der Waals surface area contributed by atoms with Gasteiger partial charge in [-0.05, 0) is 77.0 Å². The lowest BCUT2D eigenvalue weighted by molar-refractivity contribution is -0.305. The Morgan fingerprint density at radius 3 is 1.55 bits per heavy atom. The lowest BCUT2D eigenvalue weighted by Gasteiger charge is -2.39. The number of hydrogen-bond donors (Lipinski definition) is 4. The molecule has 10 heteroatoms. The first-order valence-electron chi connectivity index (χ1n) is 20.0. The fourth-order valence-corrected chi connectivity index (χ4v) is 5.07. The van der Waals surface area contributed by atoms with Crippen molar-refractivity contribution in [2.45, 2.75) is 141 Å². The second-order valence-corrected chi connectivity index (χ2v) is 13.0. The Morgan fingerprint density at radius 1 is 0.582 bits per heavy atom. The van der Waals surface area contributed by atoms with Gasteiger partial charge in [0.05, 0.1) is 19.6 Å². The van der Waals surface area contributed by atoms with Gasteiger partial charge in [0.25, 0.3) is 0 Å². The largest absolute Gasteiger partial charge is 0.461 e. The predicted molar refractivity (Wildman–Crippen MR) is 219 cm³/mol. The fourth-order valence-electron chi connectivity index (χ4n) is 5.07. The summed E-state index contributed by atoms with van der Waals surface area (Å²) < 4.78 is 21.9. The Bertz CT molecular complexity index is 1260. The quantitative estimate of drug-likeness (QED) is 0.0324. The van der Waals surface area contributed by atoms with Gasteiger partial charge < -0.3 is 39.4 Å². The maximum Gasteiger partial charge on any atom is 0.309 e. The smallest absolute Gasteiger partial charge is 0.309 e. The van der Waals surface area contributed by atoms with Crippen LogP contribution in [0.15, 0.2) is 109 Å². The first-order valence-corrected chi connectivity index (χ1v) is 20.0. The van der Waals surface area contributed by atoms with Gasteiger partial charge in [-0.15, -0.1) is 0 Å². The first-order chi connectivity index (χ1) is 26.8. The van der Waals surface area contributed by atoms with E-state index < -0.39 is 55.4 Å². The van der Waals surface area contributed by atoms with E-state index in [-0.39, 0.29) is 26.1 Å². The van der Waals surface area contributed by atoms with Crippen molar-refractivity contribution in [1.29, 1.82) is 0 Å². The zero-order chi connectivity index (χ0) is 40.2. The molecule has 10 nitrogen and oxygen atoms in total. The van der Waals surface area contributed by atoms with E-state index in [4.69, 9.17) is 18.9 Å². The second-order valence-electron chi connectivity index (χ2n) is 13.0. The van der Waals surface area contributed by atoms with Gasteiger partial charge in [0, 0.05) is 6.42 Å². The number of carbonyl (C=O) groups is 2. The van der Waals surface area contributed by atoms with Crippen molar-refractivity contribution in [3.8, 4) is 0 Å². The molecular weight excluding hydrogens is 700 g/mol. The Balaban J connectivity index is 2.50. The third-order valence-electron chi connectivity index (χ3n) is 8.19. The van der Waals surface area contributed by atoms with E-state index in [1.54, 1.807) is 6.08 Å². The van der Waals surface area contributed by atoms with Crippen molar-refractivity contribution in [3.05, 3.63) is 109 Å². The van der Waals surface area contributed by atoms with Gasteiger partial charge in [0.1, 0.15) is 31.0 Å². The molecule has 0 saturated carbocycles. The van der Waals surface area contributed by atoms with Gasteiger partial charge in [-0.1, -0.05) is 123 Å². The van der Waals surface area contributed by atoms with Gasteiger partial charge in [-0.25, -0.2) is 0 Å². The number of aliphatic hydroxyl groups excluding tert-OH is 4. The molecule has 308 valence electrons. The molecule has 1 rings (SSSR count). The monoisotopic (exact) mass is 768 g/mol. The van der Waals surface area contributed by atoms with Crippen LogP contribution < -0.4 is 0 Å². The zero-order valence-corrected chi connectivity index (χ0v) is 33.1. The van der Waals surface area contributed by atoms with Crippen molar-refractivity contribution < 1.29 is 49.0 Å². The Kier molecular flexibility index (Phi) is 31.3. The summed E-state index contributed by atoms with van der Waals surface area (Å²) in [7, 11) is 0. The summed E-state index contributed by atoms with van der Waals surface area (Å²) >= 11 is 0. The minimum Gasteiger partial charge on any atom is -0.461 e. The summed E-state index contributed by atoms with van der Waals surface area (Å²) in [6.45, 7) is 3.00. The summed E-state index contributed by atoms with van der Waals surface area (Å²) in [5.74, 6) is -1.02. The van der Waals surface area contributed by atoms with Crippen LogP contribution in [0, 0.1) is 0 Å². The normalized spacial score (nSPS) is 21.7.